The summed E-state index contributed by atoms with van der Waals surface area (Å²) in [5.41, 5.74) is 0.681. The first kappa shape index (κ1) is 21.9. The lowest BCUT2D eigenvalue weighted by molar-refractivity contribution is -0.233. The Hall–Kier alpha value is -2.38. The molecule has 28 heavy (non-hydrogen) atoms. The highest BCUT2D eigenvalue weighted by atomic mass is 16.7. The second-order valence-electron chi connectivity index (χ2n) is 6.60. The summed E-state index contributed by atoms with van der Waals surface area (Å²) in [6, 6.07) is 9.14. The van der Waals surface area contributed by atoms with Crippen molar-refractivity contribution in [3.8, 4) is 0 Å². The minimum absolute atomic E-state index is 0.0950. The smallest absolute Gasteiger partial charge is 0.411 e. The highest BCUT2D eigenvalue weighted by Gasteiger charge is 2.30. The van der Waals surface area contributed by atoms with Crippen molar-refractivity contribution in [2.75, 3.05) is 25.6 Å². The van der Waals surface area contributed by atoms with E-state index >= 15 is 0 Å². The molecular weight excluding hydrogens is 362 g/mol. The minimum Gasteiger partial charge on any atom is -0.469 e. The third kappa shape index (κ3) is 8.10. The van der Waals surface area contributed by atoms with Gasteiger partial charge in [0.05, 0.1) is 13.7 Å². The molecule has 0 aromatic heterocycles. The van der Waals surface area contributed by atoms with Crippen LogP contribution in [0.15, 0.2) is 42.5 Å². The van der Waals surface area contributed by atoms with Crippen LogP contribution in [0.5, 0.6) is 0 Å². The van der Waals surface area contributed by atoms with E-state index in [9.17, 15) is 9.59 Å². The van der Waals surface area contributed by atoms with Crippen molar-refractivity contribution >= 4 is 17.7 Å². The first-order valence-electron chi connectivity index (χ1n) is 9.56. The van der Waals surface area contributed by atoms with Crippen LogP contribution in [0.4, 0.5) is 10.5 Å². The highest BCUT2D eigenvalue weighted by molar-refractivity contribution is 5.84. The van der Waals surface area contributed by atoms with E-state index in [1.54, 1.807) is 12.1 Å². The van der Waals surface area contributed by atoms with Gasteiger partial charge in [0, 0.05) is 18.0 Å². The van der Waals surface area contributed by atoms with Crippen molar-refractivity contribution in [3.05, 3.63) is 42.5 Å². The van der Waals surface area contributed by atoms with Crippen LogP contribution < -0.4 is 5.32 Å². The van der Waals surface area contributed by atoms with Crippen LogP contribution in [-0.4, -0.2) is 44.8 Å². The van der Waals surface area contributed by atoms with Crippen LogP contribution in [0.2, 0.25) is 0 Å². The molecule has 1 saturated heterocycles. The number of nitrogens with one attached hydrogen (secondary N) is 1. The fourth-order valence-corrected chi connectivity index (χ4v) is 2.85. The second-order valence-corrected chi connectivity index (χ2v) is 6.60. The summed E-state index contributed by atoms with van der Waals surface area (Å²) in [7, 11) is 1.39. The first-order chi connectivity index (χ1) is 13.6. The van der Waals surface area contributed by atoms with Gasteiger partial charge in [-0.2, -0.15) is 0 Å². The Balaban J connectivity index is 1.74. The number of amides is 1. The molecule has 1 aliphatic heterocycles. The van der Waals surface area contributed by atoms with Gasteiger partial charge < -0.3 is 18.9 Å². The summed E-state index contributed by atoms with van der Waals surface area (Å²) in [6.07, 6.45) is 5.76. The van der Waals surface area contributed by atoms with Crippen molar-refractivity contribution in [2.24, 2.45) is 5.92 Å². The maximum absolute atomic E-state index is 12.0. The van der Waals surface area contributed by atoms with Gasteiger partial charge in [-0.25, -0.2) is 4.79 Å². The summed E-state index contributed by atoms with van der Waals surface area (Å²) in [5.74, 6) is -0.0972. The van der Waals surface area contributed by atoms with Crippen molar-refractivity contribution < 1.29 is 28.5 Å². The van der Waals surface area contributed by atoms with Gasteiger partial charge >= 0.3 is 12.1 Å². The third-order valence-corrected chi connectivity index (χ3v) is 4.42. The molecule has 1 N–H and O–H groups in total. The molecule has 1 heterocycles. The molecule has 0 spiro atoms. The molecule has 0 bridgehead atoms. The zero-order chi connectivity index (χ0) is 20.2. The van der Waals surface area contributed by atoms with Crippen molar-refractivity contribution in [3.63, 3.8) is 0 Å². The zero-order valence-electron chi connectivity index (χ0n) is 16.5. The van der Waals surface area contributed by atoms with Gasteiger partial charge in [0.2, 0.25) is 0 Å². The number of methoxy groups -OCH3 is 1. The summed E-state index contributed by atoms with van der Waals surface area (Å²) in [4.78, 5) is 23.1. The van der Waals surface area contributed by atoms with Crippen molar-refractivity contribution in [1.82, 2.24) is 0 Å². The molecule has 0 unspecified atom stereocenters. The largest absolute Gasteiger partial charge is 0.469 e. The minimum atomic E-state index is -0.508. The van der Waals surface area contributed by atoms with E-state index < -0.39 is 6.09 Å². The van der Waals surface area contributed by atoms with Gasteiger partial charge in [0.15, 0.2) is 6.29 Å². The standard InChI is InChI=1S/C21H29NO6/c1-16-26-14-17(10-6-3-4-9-13-20(23)25-2)19(28-16)15-27-21(24)22-18-11-7-5-8-12-18/h3,5-8,11-12,16-17,19H,4,9-10,13-15H2,1-2H3,(H,22,24)/b6-3-/t16-,17+,19+/m1/s1. The number of allylic oxidation sites excluding steroid dienone is 2. The molecule has 1 amide bonds. The average molecular weight is 391 g/mol. The Morgan fingerprint density at radius 3 is 2.79 bits per heavy atom. The molecule has 154 valence electrons. The molecule has 7 heteroatoms. The number of hydrogen-bond acceptors (Lipinski definition) is 6. The fraction of sp³-hybridized carbons (Fsp3) is 0.524. The maximum Gasteiger partial charge on any atom is 0.411 e. The lowest BCUT2D eigenvalue weighted by Crippen LogP contribution is -2.42. The molecule has 3 atom stereocenters. The van der Waals surface area contributed by atoms with Crippen LogP contribution in [0.1, 0.15) is 32.6 Å². The molecule has 1 aliphatic rings. The average Bonchev–Trinajstić information content (AvgIpc) is 2.70. The normalized spacial score (nSPS) is 22.0. The van der Waals surface area contributed by atoms with E-state index in [0.29, 0.717) is 18.7 Å². The van der Waals surface area contributed by atoms with E-state index in [-0.39, 0.29) is 30.9 Å². The SMILES string of the molecule is COC(=O)CCC/C=C\C[C@H]1CO[C@@H](C)O[C@H]1COC(=O)Nc1ccccc1. The van der Waals surface area contributed by atoms with Crippen LogP contribution in [0.25, 0.3) is 0 Å². The molecule has 7 nitrogen and oxygen atoms in total. The first-order valence-corrected chi connectivity index (χ1v) is 9.56. The molecule has 2 rings (SSSR count). The number of anilines is 1. The quantitative estimate of drug-likeness (QED) is 0.390. The Morgan fingerprint density at radius 1 is 1.25 bits per heavy atom. The Kier molecular flexibility index (Phi) is 9.51. The fourth-order valence-electron chi connectivity index (χ4n) is 2.85. The molecule has 0 radical (unpaired) electrons. The van der Waals surface area contributed by atoms with Crippen LogP contribution in [0, 0.1) is 5.92 Å². The number of carbonyl (C=O) groups excluding carboxylic acids is 2. The number of unbranched alkanes of at least 4 members (excludes halogenated alkanes) is 1. The highest BCUT2D eigenvalue weighted by Crippen LogP contribution is 2.23. The Morgan fingerprint density at radius 2 is 2.04 bits per heavy atom. The van der Waals surface area contributed by atoms with E-state index in [1.165, 1.54) is 7.11 Å². The van der Waals surface area contributed by atoms with Crippen LogP contribution in [0.3, 0.4) is 0 Å². The molecule has 0 saturated carbocycles. The number of para-hydroxylation sites is 1. The lowest BCUT2D eigenvalue weighted by atomic mass is 9.98. The molecule has 1 aromatic carbocycles. The molecule has 0 aliphatic carbocycles. The zero-order valence-corrected chi connectivity index (χ0v) is 16.5. The van der Waals surface area contributed by atoms with Gasteiger partial charge in [-0.1, -0.05) is 30.4 Å². The summed E-state index contributed by atoms with van der Waals surface area (Å²) in [6.45, 7) is 2.53. The van der Waals surface area contributed by atoms with Crippen LogP contribution in [-0.2, 0) is 23.7 Å². The van der Waals surface area contributed by atoms with Crippen molar-refractivity contribution in [1.29, 1.82) is 0 Å². The van der Waals surface area contributed by atoms with E-state index in [2.05, 4.69) is 16.1 Å². The number of hydrogen-bond donors (Lipinski definition) is 1. The monoisotopic (exact) mass is 391 g/mol. The summed E-state index contributed by atoms with van der Waals surface area (Å²) in [5, 5.41) is 2.69. The van der Waals surface area contributed by atoms with Gasteiger partial charge in [-0.05, 0) is 38.3 Å². The second kappa shape index (κ2) is 12.2. The summed E-state index contributed by atoms with van der Waals surface area (Å²) < 4.78 is 21.3. The van der Waals surface area contributed by atoms with E-state index in [1.807, 2.05) is 31.2 Å². The number of rotatable bonds is 9. The van der Waals surface area contributed by atoms with E-state index in [4.69, 9.17) is 14.2 Å². The maximum atomic E-state index is 12.0. The Bertz CT molecular complexity index is 633. The molecule has 1 fully saturated rings. The lowest BCUT2D eigenvalue weighted by Gasteiger charge is -2.34. The molecule has 1 aromatic rings. The van der Waals surface area contributed by atoms with Gasteiger partial charge in [-0.15, -0.1) is 0 Å². The number of esters is 1. The predicted octanol–water partition coefficient (Wildman–Crippen LogP) is 3.90. The number of carbonyl (C=O) groups is 2. The van der Waals surface area contributed by atoms with Gasteiger partial charge in [0.25, 0.3) is 0 Å². The predicted molar refractivity (Wildman–Crippen MR) is 105 cm³/mol. The third-order valence-electron chi connectivity index (χ3n) is 4.42. The number of ether oxygens (including phenoxy) is 4. The van der Waals surface area contributed by atoms with E-state index in [0.717, 1.165) is 19.3 Å². The Labute approximate surface area is 166 Å². The van der Waals surface area contributed by atoms with Crippen molar-refractivity contribution in [2.45, 2.75) is 45.0 Å². The number of benzene rings is 1. The van der Waals surface area contributed by atoms with Crippen LogP contribution >= 0.6 is 0 Å². The van der Waals surface area contributed by atoms with Gasteiger partial charge in [-0.3, -0.25) is 10.1 Å². The molecular formula is C21H29NO6. The van der Waals surface area contributed by atoms with Gasteiger partial charge in [0.1, 0.15) is 12.7 Å². The summed E-state index contributed by atoms with van der Waals surface area (Å²) >= 11 is 0. The topological polar surface area (TPSA) is 83.1 Å².